The summed E-state index contributed by atoms with van der Waals surface area (Å²) in [5.41, 5.74) is 3.59. The lowest BCUT2D eigenvalue weighted by atomic mass is 10.1. The second-order valence-corrected chi connectivity index (χ2v) is 4.97. The Morgan fingerprint density at radius 3 is 2.89 bits per heavy atom. The highest BCUT2D eigenvalue weighted by Crippen LogP contribution is 2.39. The summed E-state index contributed by atoms with van der Waals surface area (Å²) in [5, 5.41) is 0. The summed E-state index contributed by atoms with van der Waals surface area (Å²) >= 11 is 0. The van der Waals surface area contributed by atoms with Gasteiger partial charge >= 0.3 is 5.97 Å². The summed E-state index contributed by atoms with van der Waals surface area (Å²) in [6, 6.07) is 5.76. The van der Waals surface area contributed by atoms with E-state index in [-0.39, 0.29) is 5.97 Å². The van der Waals surface area contributed by atoms with E-state index < -0.39 is 0 Å². The number of methoxy groups -OCH3 is 1. The Balaban J connectivity index is 1.97. The van der Waals surface area contributed by atoms with Gasteiger partial charge in [-0.1, -0.05) is 6.07 Å². The molecule has 4 nitrogen and oxygen atoms in total. The van der Waals surface area contributed by atoms with Gasteiger partial charge in [-0.2, -0.15) is 0 Å². The van der Waals surface area contributed by atoms with Crippen molar-refractivity contribution in [3.05, 3.63) is 47.5 Å². The maximum absolute atomic E-state index is 11.7. The molecule has 4 heteroatoms. The van der Waals surface area contributed by atoms with Gasteiger partial charge in [0.05, 0.1) is 24.7 Å². The van der Waals surface area contributed by atoms with E-state index in [1.807, 2.05) is 35.9 Å². The average molecular weight is 256 g/mol. The predicted molar refractivity (Wildman–Crippen MR) is 71.6 cm³/mol. The molecule has 1 aliphatic carbocycles. The van der Waals surface area contributed by atoms with E-state index in [0.29, 0.717) is 11.5 Å². The molecule has 0 amide bonds. The van der Waals surface area contributed by atoms with Crippen LogP contribution in [0.2, 0.25) is 0 Å². The van der Waals surface area contributed by atoms with Crippen LogP contribution in [0.1, 0.15) is 40.4 Å². The molecule has 1 aliphatic rings. The summed E-state index contributed by atoms with van der Waals surface area (Å²) in [6.45, 7) is 1.90. The molecule has 1 saturated carbocycles. The number of hydrogen-bond donors (Lipinski definition) is 0. The lowest BCUT2D eigenvalue weighted by Gasteiger charge is -2.07. The van der Waals surface area contributed by atoms with Crippen LogP contribution in [-0.2, 0) is 4.74 Å². The van der Waals surface area contributed by atoms with Crippen LogP contribution in [0, 0.1) is 6.92 Å². The van der Waals surface area contributed by atoms with Crippen molar-refractivity contribution in [1.82, 2.24) is 9.55 Å². The summed E-state index contributed by atoms with van der Waals surface area (Å²) in [4.78, 5) is 16.1. The second-order valence-electron chi connectivity index (χ2n) is 4.97. The average Bonchev–Trinajstić information content (AvgIpc) is 3.16. The van der Waals surface area contributed by atoms with Gasteiger partial charge in [-0.3, -0.25) is 0 Å². The minimum absolute atomic E-state index is 0.304. The Labute approximate surface area is 112 Å². The summed E-state index contributed by atoms with van der Waals surface area (Å²) in [6.07, 6.45) is 6.32. The number of ether oxygens (including phenoxy) is 1. The van der Waals surface area contributed by atoms with E-state index in [1.165, 1.54) is 20.0 Å². The minimum Gasteiger partial charge on any atom is -0.465 e. The molecule has 1 aromatic carbocycles. The second kappa shape index (κ2) is 4.53. The highest BCUT2D eigenvalue weighted by molar-refractivity contribution is 5.91. The van der Waals surface area contributed by atoms with Crippen LogP contribution in [0.25, 0.3) is 5.69 Å². The van der Waals surface area contributed by atoms with Crippen LogP contribution in [-0.4, -0.2) is 22.6 Å². The number of imidazole rings is 1. The lowest BCUT2D eigenvalue weighted by Crippen LogP contribution is -2.05. The number of esters is 1. The van der Waals surface area contributed by atoms with E-state index in [2.05, 4.69) is 4.98 Å². The Morgan fingerprint density at radius 2 is 2.21 bits per heavy atom. The summed E-state index contributed by atoms with van der Waals surface area (Å²) < 4.78 is 6.76. The van der Waals surface area contributed by atoms with E-state index >= 15 is 0 Å². The first-order valence-corrected chi connectivity index (χ1v) is 6.42. The van der Waals surface area contributed by atoms with Crippen molar-refractivity contribution < 1.29 is 9.53 Å². The van der Waals surface area contributed by atoms with Crippen molar-refractivity contribution in [2.24, 2.45) is 0 Å². The first-order valence-electron chi connectivity index (χ1n) is 6.42. The number of rotatable bonds is 3. The molecule has 98 valence electrons. The molecule has 0 unspecified atom stereocenters. The van der Waals surface area contributed by atoms with Crippen LogP contribution in [0.4, 0.5) is 0 Å². The van der Waals surface area contributed by atoms with Crippen molar-refractivity contribution >= 4 is 5.97 Å². The van der Waals surface area contributed by atoms with Gasteiger partial charge in [0.1, 0.15) is 0 Å². The van der Waals surface area contributed by atoms with Crippen molar-refractivity contribution in [2.45, 2.75) is 25.7 Å². The van der Waals surface area contributed by atoms with Crippen LogP contribution < -0.4 is 0 Å². The quantitative estimate of drug-likeness (QED) is 0.793. The van der Waals surface area contributed by atoms with Gasteiger partial charge in [-0.15, -0.1) is 0 Å². The van der Waals surface area contributed by atoms with E-state index in [9.17, 15) is 4.79 Å². The Bertz CT molecular complexity index is 627. The van der Waals surface area contributed by atoms with E-state index in [1.54, 1.807) is 6.33 Å². The third-order valence-electron chi connectivity index (χ3n) is 3.52. The van der Waals surface area contributed by atoms with Crippen LogP contribution in [0.3, 0.4) is 0 Å². The summed E-state index contributed by atoms with van der Waals surface area (Å²) in [7, 11) is 1.40. The SMILES string of the molecule is COC(=O)c1cc(-n2cnc(C3CC3)c2)ccc1C. The van der Waals surface area contributed by atoms with Gasteiger partial charge < -0.3 is 9.30 Å². The van der Waals surface area contributed by atoms with Gasteiger partial charge in [0.25, 0.3) is 0 Å². The largest absolute Gasteiger partial charge is 0.465 e. The number of carbonyl (C=O) groups excluding carboxylic acids is 1. The van der Waals surface area contributed by atoms with Gasteiger partial charge in [0.2, 0.25) is 0 Å². The van der Waals surface area contributed by atoms with Gasteiger partial charge in [0, 0.05) is 17.8 Å². The Kier molecular flexibility index (Phi) is 2.85. The van der Waals surface area contributed by atoms with Gasteiger partial charge in [0.15, 0.2) is 0 Å². The molecule has 1 heterocycles. The van der Waals surface area contributed by atoms with E-state index in [4.69, 9.17) is 4.74 Å². The predicted octanol–water partition coefficient (Wildman–Crippen LogP) is 2.84. The molecule has 0 atom stereocenters. The Morgan fingerprint density at radius 1 is 1.42 bits per heavy atom. The Hall–Kier alpha value is -2.10. The molecule has 1 aromatic heterocycles. The molecule has 19 heavy (non-hydrogen) atoms. The topological polar surface area (TPSA) is 44.1 Å². The highest BCUT2D eigenvalue weighted by Gasteiger charge is 2.25. The van der Waals surface area contributed by atoms with Crippen LogP contribution in [0.15, 0.2) is 30.7 Å². The van der Waals surface area contributed by atoms with Crippen molar-refractivity contribution in [3.63, 3.8) is 0 Å². The molecule has 2 aromatic rings. The normalized spacial score (nSPS) is 14.4. The molecule has 0 spiro atoms. The molecular weight excluding hydrogens is 240 g/mol. The number of benzene rings is 1. The van der Waals surface area contributed by atoms with Crippen molar-refractivity contribution in [1.29, 1.82) is 0 Å². The molecule has 3 rings (SSSR count). The number of carbonyl (C=O) groups is 1. The fourth-order valence-corrected chi connectivity index (χ4v) is 2.17. The van der Waals surface area contributed by atoms with E-state index in [0.717, 1.165) is 16.9 Å². The van der Waals surface area contributed by atoms with Gasteiger partial charge in [-0.05, 0) is 37.5 Å². The number of aromatic nitrogens is 2. The van der Waals surface area contributed by atoms with Crippen molar-refractivity contribution in [2.75, 3.05) is 7.11 Å². The maximum atomic E-state index is 11.7. The van der Waals surface area contributed by atoms with Crippen LogP contribution in [0.5, 0.6) is 0 Å². The number of aryl methyl sites for hydroxylation is 1. The number of nitrogens with zero attached hydrogens (tertiary/aromatic N) is 2. The molecule has 0 radical (unpaired) electrons. The lowest BCUT2D eigenvalue weighted by molar-refractivity contribution is 0.0600. The fourth-order valence-electron chi connectivity index (χ4n) is 2.17. The molecule has 1 fully saturated rings. The zero-order chi connectivity index (χ0) is 13.4. The fraction of sp³-hybridized carbons (Fsp3) is 0.333. The third kappa shape index (κ3) is 2.26. The highest BCUT2D eigenvalue weighted by atomic mass is 16.5. The monoisotopic (exact) mass is 256 g/mol. The molecule has 0 aliphatic heterocycles. The zero-order valence-electron chi connectivity index (χ0n) is 11.1. The standard InChI is InChI=1S/C15H16N2O2/c1-10-3-6-12(7-13(10)15(18)19-2)17-8-14(16-9-17)11-4-5-11/h3,6-9,11H,4-5H2,1-2H3. The third-order valence-corrected chi connectivity index (χ3v) is 3.52. The smallest absolute Gasteiger partial charge is 0.338 e. The molecule has 0 saturated heterocycles. The maximum Gasteiger partial charge on any atom is 0.338 e. The molecular formula is C15H16N2O2. The molecule has 0 bridgehead atoms. The van der Waals surface area contributed by atoms with Crippen LogP contribution >= 0.6 is 0 Å². The van der Waals surface area contributed by atoms with Gasteiger partial charge in [-0.25, -0.2) is 9.78 Å². The zero-order valence-corrected chi connectivity index (χ0v) is 11.1. The minimum atomic E-state index is -0.304. The number of hydrogen-bond acceptors (Lipinski definition) is 3. The first kappa shape index (κ1) is 12.0. The summed E-state index contributed by atoms with van der Waals surface area (Å²) in [5.74, 6) is 0.327. The molecule has 0 N–H and O–H groups in total. The van der Waals surface area contributed by atoms with Crippen molar-refractivity contribution in [3.8, 4) is 5.69 Å². The first-order chi connectivity index (χ1) is 9.19.